The van der Waals surface area contributed by atoms with Crippen LogP contribution in [0.5, 0.6) is 0 Å². The predicted molar refractivity (Wildman–Crippen MR) is 151 cm³/mol. The molecule has 0 radical (unpaired) electrons. The third-order valence-corrected chi connectivity index (χ3v) is 8.24. The second kappa shape index (κ2) is 11.8. The third kappa shape index (κ3) is 7.46. The van der Waals surface area contributed by atoms with E-state index in [0.717, 1.165) is 51.3 Å². The van der Waals surface area contributed by atoms with Crippen LogP contribution in [-0.2, 0) is 29.2 Å². The number of halogens is 3. The maximum Gasteiger partial charge on any atom is 0.270 e. The van der Waals surface area contributed by atoms with E-state index >= 15 is 0 Å². The van der Waals surface area contributed by atoms with Crippen molar-refractivity contribution < 1.29 is 18.0 Å². The average molecular weight is 541 g/mol. The first-order chi connectivity index (χ1) is 18.4. The number of piperazine rings is 1. The second-order valence-electron chi connectivity index (χ2n) is 11.9. The fourth-order valence-corrected chi connectivity index (χ4v) is 5.75. The van der Waals surface area contributed by atoms with E-state index in [1.807, 2.05) is 17.0 Å². The Morgan fingerprint density at radius 1 is 0.923 bits per heavy atom. The number of amides is 1. The standard InChI is InChI=1S/C33H43F3N2O/c1-6-26(21-25-9-14-28(15-10-25)32(3,4)34)31(27-12-13-27)37-19-20-38(23(2)22-37)30(39)18-11-24-7-16-29(17-8-24)33(5,35)36/h7-10,14-17,23,26H,6,11-13,18-22H2,1-5H3. The number of hydrogen-bond donors (Lipinski definition) is 0. The molecule has 1 aliphatic carbocycles. The molecule has 2 aromatic carbocycles. The summed E-state index contributed by atoms with van der Waals surface area (Å²) in [6.07, 6.45) is 5.19. The molecule has 3 nitrogen and oxygen atoms in total. The first-order valence-electron chi connectivity index (χ1n) is 14.4. The Bertz CT molecular complexity index is 1150. The van der Waals surface area contributed by atoms with Crippen LogP contribution in [0.4, 0.5) is 13.2 Å². The van der Waals surface area contributed by atoms with E-state index in [9.17, 15) is 18.0 Å². The number of rotatable bonds is 10. The van der Waals surface area contributed by atoms with Crippen LogP contribution in [0.25, 0.3) is 0 Å². The Hall–Kier alpha value is -2.76. The van der Waals surface area contributed by atoms with Crippen LogP contribution in [0.3, 0.4) is 0 Å². The zero-order valence-corrected chi connectivity index (χ0v) is 24.1. The molecule has 0 spiro atoms. The van der Waals surface area contributed by atoms with E-state index in [4.69, 9.17) is 0 Å². The van der Waals surface area contributed by atoms with Crippen LogP contribution in [0, 0.1) is 5.92 Å². The highest BCUT2D eigenvalue weighted by Gasteiger charge is 2.34. The normalized spacial score (nSPS) is 18.8. The van der Waals surface area contributed by atoms with Gasteiger partial charge in [-0.05, 0) is 69.6 Å². The number of carbonyl (C=O) groups excluding carboxylic acids is 1. The predicted octanol–water partition coefficient (Wildman–Crippen LogP) is 7.79. The van der Waals surface area contributed by atoms with Gasteiger partial charge in [-0.15, -0.1) is 0 Å². The summed E-state index contributed by atoms with van der Waals surface area (Å²) in [4.78, 5) is 17.6. The van der Waals surface area contributed by atoms with E-state index in [-0.39, 0.29) is 17.5 Å². The molecule has 0 N–H and O–H groups in total. The number of benzene rings is 2. The zero-order chi connectivity index (χ0) is 28.4. The van der Waals surface area contributed by atoms with E-state index in [1.165, 1.54) is 29.0 Å². The van der Waals surface area contributed by atoms with E-state index in [2.05, 4.69) is 30.9 Å². The molecule has 1 heterocycles. The molecule has 2 unspecified atom stereocenters. The Balaban J connectivity index is 1.36. The van der Waals surface area contributed by atoms with E-state index < -0.39 is 11.6 Å². The van der Waals surface area contributed by atoms with Gasteiger partial charge in [-0.1, -0.05) is 61.0 Å². The van der Waals surface area contributed by atoms with Crippen LogP contribution in [-0.4, -0.2) is 41.4 Å². The lowest BCUT2D eigenvalue weighted by atomic mass is 9.90. The number of hydrogen-bond acceptors (Lipinski definition) is 2. The highest BCUT2D eigenvalue weighted by atomic mass is 19.3. The van der Waals surface area contributed by atoms with Crippen molar-refractivity contribution in [2.45, 2.75) is 90.8 Å². The Morgan fingerprint density at radius 3 is 2.03 bits per heavy atom. The quantitative estimate of drug-likeness (QED) is 0.307. The molecule has 4 rings (SSSR count). The monoisotopic (exact) mass is 540 g/mol. The third-order valence-electron chi connectivity index (χ3n) is 8.24. The molecule has 2 aromatic rings. The topological polar surface area (TPSA) is 23.6 Å². The van der Waals surface area contributed by atoms with Gasteiger partial charge < -0.3 is 9.80 Å². The summed E-state index contributed by atoms with van der Waals surface area (Å²) in [6.45, 7) is 10.8. The summed E-state index contributed by atoms with van der Waals surface area (Å²) in [7, 11) is 0. The van der Waals surface area contributed by atoms with Crippen molar-refractivity contribution in [3.05, 3.63) is 82.1 Å². The summed E-state index contributed by atoms with van der Waals surface area (Å²) in [5.41, 5.74) is 4.48. The minimum atomic E-state index is -2.86. The molecule has 2 fully saturated rings. The molecule has 1 amide bonds. The molecule has 39 heavy (non-hydrogen) atoms. The highest BCUT2D eigenvalue weighted by Crippen LogP contribution is 2.40. The van der Waals surface area contributed by atoms with Crippen molar-refractivity contribution in [2.75, 3.05) is 19.6 Å². The maximum absolute atomic E-state index is 14.3. The van der Waals surface area contributed by atoms with Gasteiger partial charge >= 0.3 is 0 Å². The van der Waals surface area contributed by atoms with Gasteiger partial charge in [0.05, 0.1) is 0 Å². The molecule has 0 aromatic heterocycles. The second-order valence-corrected chi connectivity index (χ2v) is 11.9. The SMILES string of the molecule is CCC(Cc1ccc(C(C)(C)F)cc1)C(=C1CC1)N1CCN(C(=O)CCc2ccc(C(C)(F)F)cc2)C(C)C1. The van der Waals surface area contributed by atoms with Gasteiger partial charge in [0.2, 0.25) is 5.91 Å². The summed E-state index contributed by atoms with van der Waals surface area (Å²) in [5.74, 6) is -2.33. The fraction of sp³-hybridized carbons (Fsp3) is 0.545. The van der Waals surface area contributed by atoms with Crippen LogP contribution < -0.4 is 0 Å². The fourth-order valence-electron chi connectivity index (χ4n) is 5.75. The summed E-state index contributed by atoms with van der Waals surface area (Å²) < 4.78 is 41.3. The number of allylic oxidation sites excluding steroid dienone is 2. The van der Waals surface area contributed by atoms with Crippen LogP contribution in [0.1, 0.15) is 82.6 Å². The summed E-state index contributed by atoms with van der Waals surface area (Å²) in [6, 6.07) is 14.4. The van der Waals surface area contributed by atoms with Gasteiger partial charge in [-0.25, -0.2) is 13.2 Å². The van der Waals surface area contributed by atoms with Gasteiger partial charge in [0.1, 0.15) is 5.67 Å². The molecular formula is C33H43F3N2O. The number of aryl methyl sites for hydroxylation is 1. The Labute approximate surface area is 232 Å². The molecule has 1 saturated carbocycles. The van der Waals surface area contributed by atoms with Crippen LogP contribution in [0.15, 0.2) is 59.8 Å². The maximum atomic E-state index is 14.3. The lowest BCUT2D eigenvalue weighted by Gasteiger charge is -2.44. The van der Waals surface area contributed by atoms with Gasteiger partial charge in [-0.2, -0.15) is 0 Å². The average Bonchev–Trinajstić information content (AvgIpc) is 3.71. The molecule has 212 valence electrons. The number of carbonyl (C=O) groups is 1. The van der Waals surface area contributed by atoms with Crippen LogP contribution in [0.2, 0.25) is 0 Å². The van der Waals surface area contributed by atoms with Gasteiger partial charge in [0.15, 0.2) is 0 Å². The van der Waals surface area contributed by atoms with Crippen molar-refractivity contribution in [1.82, 2.24) is 9.80 Å². The first kappa shape index (κ1) is 29.2. The minimum absolute atomic E-state index is 0.00554. The number of nitrogens with zero attached hydrogens (tertiary/aromatic N) is 2. The van der Waals surface area contributed by atoms with Gasteiger partial charge in [-0.3, -0.25) is 4.79 Å². The molecule has 1 saturated heterocycles. The first-order valence-corrected chi connectivity index (χ1v) is 14.4. The summed E-state index contributed by atoms with van der Waals surface area (Å²) in [5, 5.41) is 0. The molecule has 1 aliphatic heterocycles. The lowest BCUT2D eigenvalue weighted by Crippen LogP contribution is -2.54. The number of alkyl halides is 3. The van der Waals surface area contributed by atoms with Crippen molar-refractivity contribution in [2.24, 2.45) is 5.92 Å². The lowest BCUT2D eigenvalue weighted by molar-refractivity contribution is -0.135. The molecule has 0 bridgehead atoms. The molecule has 6 heteroatoms. The van der Waals surface area contributed by atoms with E-state index in [0.29, 0.717) is 30.9 Å². The van der Waals surface area contributed by atoms with Crippen LogP contribution >= 0.6 is 0 Å². The largest absolute Gasteiger partial charge is 0.371 e. The van der Waals surface area contributed by atoms with Crippen molar-refractivity contribution in [1.29, 1.82) is 0 Å². The van der Waals surface area contributed by atoms with Crippen molar-refractivity contribution in [3.8, 4) is 0 Å². The summed E-state index contributed by atoms with van der Waals surface area (Å²) >= 11 is 0. The molecular weight excluding hydrogens is 497 g/mol. The van der Waals surface area contributed by atoms with Gasteiger partial charge in [0.25, 0.3) is 5.92 Å². The molecule has 2 atom stereocenters. The van der Waals surface area contributed by atoms with E-state index in [1.54, 1.807) is 26.0 Å². The van der Waals surface area contributed by atoms with Crippen molar-refractivity contribution >= 4 is 5.91 Å². The Morgan fingerprint density at radius 2 is 1.51 bits per heavy atom. The van der Waals surface area contributed by atoms with Crippen molar-refractivity contribution in [3.63, 3.8) is 0 Å². The highest BCUT2D eigenvalue weighted by molar-refractivity contribution is 5.77. The Kier molecular flexibility index (Phi) is 8.82. The zero-order valence-electron chi connectivity index (χ0n) is 24.1. The van der Waals surface area contributed by atoms with Gasteiger partial charge in [0, 0.05) is 56.2 Å². The molecule has 2 aliphatic rings. The minimum Gasteiger partial charge on any atom is -0.371 e. The smallest absolute Gasteiger partial charge is 0.270 e.